The molecule has 0 saturated heterocycles. The molecule has 0 atom stereocenters. The van der Waals surface area contributed by atoms with Crippen LogP contribution in [0.1, 0.15) is 48.3 Å². The van der Waals surface area contributed by atoms with Crippen LogP contribution in [0.25, 0.3) is 0 Å². The van der Waals surface area contributed by atoms with Crippen molar-refractivity contribution >= 4 is 23.2 Å². The molecule has 1 aliphatic carbocycles. The van der Waals surface area contributed by atoms with Crippen LogP contribution in [0.15, 0.2) is 36.4 Å². The van der Waals surface area contributed by atoms with Gasteiger partial charge >= 0.3 is 0 Å². The first-order chi connectivity index (χ1) is 12.5. The highest BCUT2D eigenvalue weighted by Gasteiger charge is 2.22. The molecule has 2 amide bonds. The topological polar surface area (TPSA) is 71.1 Å². The van der Waals surface area contributed by atoms with E-state index in [-0.39, 0.29) is 29.1 Å². The highest BCUT2D eigenvalue weighted by Crippen LogP contribution is 2.26. The van der Waals surface area contributed by atoms with Crippen LogP contribution in [0.3, 0.4) is 0 Å². The third-order valence-electron chi connectivity index (χ3n) is 4.58. The van der Waals surface area contributed by atoms with Gasteiger partial charge < -0.3 is 10.6 Å². The summed E-state index contributed by atoms with van der Waals surface area (Å²) in [5.41, 5.74) is 1.49. The number of nitrogens with one attached hydrogen (secondary N) is 2. The zero-order chi connectivity index (χ0) is 18.5. The lowest BCUT2D eigenvalue weighted by Gasteiger charge is -2.21. The van der Waals surface area contributed by atoms with Crippen LogP contribution in [0, 0.1) is 18.7 Å². The van der Waals surface area contributed by atoms with E-state index >= 15 is 0 Å². The molecule has 3 rings (SSSR count). The van der Waals surface area contributed by atoms with E-state index in [0.29, 0.717) is 5.69 Å². The van der Waals surface area contributed by atoms with Gasteiger partial charge in [-0.05, 0) is 50.1 Å². The number of anilines is 2. The predicted molar refractivity (Wildman–Crippen MR) is 98.5 cm³/mol. The fourth-order valence-corrected chi connectivity index (χ4v) is 3.16. The maximum atomic E-state index is 14.1. The number of aromatic nitrogens is 1. The van der Waals surface area contributed by atoms with E-state index in [1.54, 1.807) is 25.1 Å². The van der Waals surface area contributed by atoms with Crippen molar-refractivity contribution in [2.75, 3.05) is 10.6 Å². The van der Waals surface area contributed by atoms with E-state index in [2.05, 4.69) is 15.6 Å². The zero-order valence-corrected chi connectivity index (χ0v) is 14.7. The first kappa shape index (κ1) is 18.0. The molecule has 0 spiro atoms. The van der Waals surface area contributed by atoms with Crippen molar-refractivity contribution < 1.29 is 14.0 Å². The second-order valence-electron chi connectivity index (χ2n) is 6.64. The Kier molecular flexibility index (Phi) is 5.61. The third kappa shape index (κ3) is 4.45. The molecule has 0 aliphatic heterocycles. The van der Waals surface area contributed by atoms with Crippen LogP contribution >= 0.6 is 0 Å². The summed E-state index contributed by atoms with van der Waals surface area (Å²) in [6.45, 7) is 1.80. The molecule has 26 heavy (non-hydrogen) atoms. The molecule has 1 heterocycles. The van der Waals surface area contributed by atoms with E-state index < -0.39 is 5.82 Å². The number of amides is 2. The van der Waals surface area contributed by atoms with Crippen molar-refractivity contribution in [1.29, 1.82) is 0 Å². The summed E-state index contributed by atoms with van der Waals surface area (Å²) in [5, 5.41) is 5.35. The van der Waals surface area contributed by atoms with E-state index in [1.807, 2.05) is 0 Å². The zero-order valence-electron chi connectivity index (χ0n) is 14.7. The van der Waals surface area contributed by atoms with Gasteiger partial charge in [-0.25, -0.2) is 9.37 Å². The van der Waals surface area contributed by atoms with Crippen LogP contribution in [-0.2, 0) is 4.79 Å². The molecule has 136 valence electrons. The first-order valence-electron chi connectivity index (χ1n) is 8.88. The first-order valence-corrected chi connectivity index (χ1v) is 8.88. The van der Waals surface area contributed by atoms with Gasteiger partial charge in [-0.2, -0.15) is 0 Å². The van der Waals surface area contributed by atoms with Gasteiger partial charge in [-0.3, -0.25) is 9.59 Å². The maximum absolute atomic E-state index is 14.1. The summed E-state index contributed by atoms with van der Waals surface area (Å²) in [7, 11) is 0. The van der Waals surface area contributed by atoms with E-state index in [4.69, 9.17) is 0 Å². The molecule has 2 N–H and O–H groups in total. The average Bonchev–Trinajstić information content (AvgIpc) is 2.65. The minimum atomic E-state index is -0.527. The Morgan fingerprint density at radius 2 is 1.85 bits per heavy atom. The SMILES string of the molecule is Cc1cccc(C(=O)Nc2ccc(F)c(NC(=O)C3CCCCC3)c2)n1. The van der Waals surface area contributed by atoms with Crippen molar-refractivity contribution in [2.45, 2.75) is 39.0 Å². The van der Waals surface area contributed by atoms with Crippen molar-refractivity contribution in [3.63, 3.8) is 0 Å². The van der Waals surface area contributed by atoms with Gasteiger partial charge in [0, 0.05) is 17.3 Å². The lowest BCUT2D eigenvalue weighted by Crippen LogP contribution is -2.25. The highest BCUT2D eigenvalue weighted by atomic mass is 19.1. The van der Waals surface area contributed by atoms with Crippen molar-refractivity contribution in [2.24, 2.45) is 5.92 Å². The van der Waals surface area contributed by atoms with E-state index in [1.165, 1.54) is 18.2 Å². The van der Waals surface area contributed by atoms with Gasteiger partial charge in [0.25, 0.3) is 5.91 Å². The third-order valence-corrected chi connectivity index (χ3v) is 4.58. The van der Waals surface area contributed by atoms with E-state index in [0.717, 1.165) is 37.8 Å². The smallest absolute Gasteiger partial charge is 0.274 e. The molecule has 1 saturated carbocycles. The maximum Gasteiger partial charge on any atom is 0.274 e. The van der Waals surface area contributed by atoms with Gasteiger partial charge in [-0.1, -0.05) is 25.3 Å². The summed E-state index contributed by atoms with van der Waals surface area (Å²) in [4.78, 5) is 28.8. The average molecular weight is 355 g/mol. The lowest BCUT2D eigenvalue weighted by atomic mass is 9.88. The van der Waals surface area contributed by atoms with Crippen LogP contribution in [0.4, 0.5) is 15.8 Å². The second-order valence-corrected chi connectivity index (χ2v) is 6.64. The number of carbonyl (C=O) groups excluding carboxylic acids is 2. The Morgan fingerprint density at radius 3 is 2.58 bits per heavy atom. The fourth-order valence-electron chi connectivity index (χ4n) is 3.16. The Hall–Kier alpha value is -2.76. The van der Waals surface area contributed by atoms with E-state index in [9.17, 15) is 14.0 Å². The van der Waals surface area contributed by atoms with Crippen LogP contribution in [0.2, 0.25) is 0 Å². The number of benzene rings is 1. The quantitative estimate of drug-likeness (QED) is 0.859. The Labute approximate surface area is 152 Å². The monoisotopic (exact) mass is 355 g/mol. The lowest BCUT2D eigenvalue weighted by molar-refractivity contribution is -0.120. The van der Waals surface area contributed by atoms with Crippen LogP contribution in [0.5, 0.6) is 0 Å². The number of hydrogen-bond acceptors (Lipinski definition) is 3. The fraction of sp³-hybridized carbons (Fsp3) is 0.350. The van der Waals surface area contributed by atoms with Gasteiger partial charge in [0.1, 0.15) is 11.5 Å². The number of halogens is 1. The number of nitrogens with zero attached hydrogens (tertiary/aromatic N) is 1. The Balaban J connectivity index is 1.70. The molecular formula is C20H22FN3O2. The van der Waals surface area contributed by atoms with Gasteiger partial charge in [-0.15, -0.1) is 0 Å². The van der Waals surface area contributed by atoms with Crippen molar-refractivity contribution in [1.82, 2.24) is 4.98 Å². The minimum absolute atomic E-state index is 0.0714. The number of carbonyl (C=O) groups is 2. The highest BCUT2D eigenvalue weighted by molar-refractivity contribution is 6.03. The summed E-state index contributed by atoms with van der Waals surface area (Å²) in [5.74, 6) is -1.14. The summed E-state index contributed by atoms with van der Waals surface area (Å²) < 4.78 is 14.1. The molecule has 0 bridgehead atoms. The summed E-state index contributed by atoms with van der Waals surface area (Å²) in [6, 6.07) is 9.28. The van der Waals surface area contributed by atoms with Gasteiger partial charge in [0.15, 0.2) is 0 Å². The number of pyridine rings is 1. The molecule has 1 aromatic carbocycles. The Morgan fingerprint density at radius 1 is 1.08 bits per heavy atom. The van der Waals surface area contributed by atoms with Gasteiger partial charge in [0.2, 0.25) is 5.91 Å². The number of rotatable bonds is 4. The molecule has 2 aromatic rings. The van der Waals surface area contributed by atoms with Crippen molar-refractivity contribution in [3.8, 4) is 0 Å². The normalized spacial score (nSPS) is 14.7. The number of aryl methyl sites for hydroxylation is 1. The minimum Gasteiger partial charge on any atom is -0.323 e. The molecule has 0 radical (unpaired) electrons. The number of hydrogen-bond donors (Lipinski definition) is 2. The van der Waals surface area contributed by atoms with Crippen LogP contribution < -0.4 is 10.6 Å². The molecule has 0 unspecified atom stereocenters. The van der Waals surface area contributed by atoms with Gasteiger partial charge in [0.05, 0.1) is 5.69 Å². The molecule has 1 fully saturated rings. The summed E-state index contributed by atoms with van der Waals surface area (Å²) in [6.07, 6.45) is 4.87. The van der Waals surface area contributed by atoms with Crippen molar-refractivity contribution in [3.05, 3.63) is 53.6 Å². The Bertz CT molecular complexity index is 816. The summed E-state index contributed by atoms with van der Waals surface area (Å²) >= 11 is 0. The largest absolute Gasteiger partial charge is 0.323 e. The standard InChI is InChI=1S/C20H22FN3O2/c1-13-6-5-9-17(22-13)20(26)23-15-10-11-16(21)18(12-15)24-19(25)14-7-3-2-4-8-14/h5-6,9-12,14H,2-4,7-8H2,1H3,(H,23,26)(H,24,25). The molecule has 6 heteroatoms. The second kappa shape index (κ2) is 8.08. The predicted octanol–water partition coefficient (Wildman–Crippen LogP) is 4.30. The molecular weight excluding hydrogens is 333 g/mol. The molecule has 5 nitrogen and oxygen atoms in total. The van der Waals surface area contributed by atoms with Crippen LogP contribution in [-0.4, -0.2) is 16.8 Å². The molecule has 1 aromatic heterocycles. The molecule has 1 aliphatic rings.